The second-order valence-electron chi connectivity index (χ2n) is 3.98. The Morgan fingerprint density at radius 1 is 1.35 bits per heavy atom. The lowest BCUT2D eigenvalue weighted by Gasteiger charge is -2.09. The van der Waals surface area contributed by atoms with E-state index in [1.165, 1.54) is 12.1 Å². The van der Waals surface area contributed by atoms with E-state index in [-0.39, 0.29) is 12.4 Å². The molecule has 2 rings (SSSR count). The first kappa shape index (κ1) is 13.7. The molecule has 5 heteroatoms. The first-order valence-corrected chi connectivity index (χ1v) is 5.93. The summed E-state index contributed by atoms with van der Waals surface area (Å²) in [5.74, 6) is -0.811. The highest BCUT2D eigenvalue weighted by atomic mass is 19.1. The summed E-state index contributed by atoms with van der Waals surface area (Å²) in [6, 6.07) is 7.80. The fourth-order valence-corrected chi connectivity index (χ4v) is 1.53. The number of halogens is 1. The first-order chi connectivity index (χ1) is 9.69. The number of carbonyl (C=O) groups is 1. The van der Waals surface area contributed by atoms with Gasteiger partial charge in [0.05, 0.1) is 0 Å². The molecule has 0 fully saturated rings. The van der Waals surface area contributed by atoms with Crippen LogP contribution in [0.5, 0.6) is 5.75 Å². The molecule has 0 saturated carbocycles. The summed E-state index contributed by atoms with van der Waals surface area (Å²) < 4.78 is 19.2. The van der Waals surface area contributed by atoms with Crippen molar-refractivity contribution in [3.63, 3.8) is 0 Å². The maximum absolute atomic E-state index is 13.8. The number of benzene rings is 1. The summed E-state index contributed by atoms with van der Waals surface area (Å²) in [6.07, 6.45) is 4.40. The molecule has 0 bridgehead atoms. The van der Waals surface area contributed by atoms with E-state index < -0.39 is 11.7 Å². The monoisotopic (exact) mass is 272 g/mol. The fourth-order valence-electron chi connectivity index (χ4n) is 1.53. The number of rotatable bonds is 5. The molecule has 0 aliphatic rings. The van der Waals surface area contributed by atoms with Gasteiger partial charge in [-0.25, -0.2) is 4.39 Å². The van der Waals surface area contributed by atoms with Gasteiger partial charge in [-0.3, -0.25) is 9.78 Å². The van der Waals surface area contributed by atoms with E-state index in [0.29, 0.717) is 5.69 Å². The Morgan fingerprint density at radius 3 is 2.75 bits per heavy atom. The van der Waals surface area contributed by atoms with Crippen molar-refractivity contribution in [3.05, 3.63) is 66.8 Å². The van der Waals surface area contributed by atoms with E-state index in [0.717, 1.165) is 11.6 Å². The molecule has 1 N–H and O–H groups in total. The lowest BCUT2D eigenvalue weighted by Crippen LogP contribution is -2.07. The highest BCUT2D eigenvalue weighted by Gasteiger charge is 2.06. The lowest BCUT2D eigenvalue weighted by molar-refractivity contribution is -0.111. The highest BCUT2D eigenvalue weighted by Crippen LogP contribution is 2.22. The number of amides is 1. The smallest absolute Gasteiger partial charge is 0.247 e. The van der Waals surface area contributed by atoms with E-state index in [2.05, 4.69) is 16.9 Å². The quantitative estimate of drug-likeness (QED) is 0.851. The van der Waals surface area contributed by atoms with Crippen molar-refractivity contribution in [2.45, 2.75) is 6.61 Å². The molecule has 20 heavy (non-hydrogen) atoms. The van der Waals surface area contributed by atoms with Gasteiger partial charge in [0.1, 0.15) is 6.61 Å². The predicted molar refractivity (Wildman–Crippen MR) is 73.8 cm³/mol. The zero-order chi connectivity index (χ0) is 14.4. The van der Waals surface area contributed by atoms with Gasteiger partial charge in [-0.05, 0) is 35.9 Å². The van der Waals surface area contributed by atoms with Crippen LogP contribution in [0.1, 0.15) is 5.56 Å². The molecule has 1 amide bonds. The Morgan fingerprint density at radius 2 is 2.10 bits per heavy atom. The molecule has 0 unspecified atom stereocenters. The van der Waals surface area contributed by atoms with E-state index in [1.54, 1.807) is 30.6 Å². The van der Waals surface area contributed by atoms with Gasteiger partial charge in [-0.1, -0.05) is 6.58 Å². The first-order valence-electron chi connectivity index (χ1n) is 5.93. The molecule has 0 atom stereocenters. The topological polar surface area (TPSA) is 51.2 Å². The number of anilines is 1. The Kier molecular flexibility index (Phi) is 4.44. The zero-order valence-corrected chi connectivity index (χ0v) is 10.7. The average molecular weight is 272 g/mol. The van der Waals surface area contributed by atoms with Crippen LogP contribution < -0.4 is 10.1 Å². The van der Waals surface area contributed by atoms with Crippen molar-refractivity contribution in [1.82, 2.24) is 4.98 Å². The van der Waals surface area contributed by atoms with Gasteiger partial charge < -0.3 is 10.1 Å². The maximum atomic E-state index is 13.8. The molecule has 4 nitrogen and oxygen atoms in total. The van der Waals surface area contributed by atoms with Crippen molar-refractivity contribution in [2.75, 3.05) is 5.32 Å². The van der Waals surface area contributed by atoms with Crippen LogP contribution in [0.2, 0.25) is 0 Å². The second-order valence-corrected chi connectivity index (χ2v) is 3.98. The molecule has 0 saturated heterocycles. The summed E-state index contributed by atoms with van der Waals surface area (Å²) >= 11 is 0. The van der Waals surface area contributed by atoms with Gasteiger partial charge in [-0.15, -0.1) is 0 Å². The van der Waals surface area contributed by atoms with E-state index in [1.807, 2.05) is 0 Å². The van der Waals surface area contributed by atoms with Crippen LogP contribution >= 0.6 is 0 Å². The minimum atomic E-state index is -0.541. The van der Waals surface area contributed by atoms with Gasteiger partial charge in [0.15, 0.2) is 11.6 Å². The van der Waals surface area contributed by atoms with Crippen molar-refractivity contribution in [2.24, 2.45) is 0 Å². The zero-order valence-electron chi connectivity index (χ0n) is 10.7. The van der Waals surface area contributed by atoms with Crippen LogP contribution in [-0.2, 0) is 11.4 Å². The molecular formula is C15H13FN2O2. The summed E-state index contributed by atoms with van der Waals surface area (Å²) in [5, 5.41) is 2.47. The SMILES string of the molecule is C=CC(=O)Nc1ccc(OCc2ccncc2)c(F)c1. The van der Waals surface area contributed by atoms with Gasteiger partial charge >= 0.3 is 0 Å². The number of nitrogens with zero attached hydrogens (tertiary/aromatic N) is 1. The number of pyridine rings is 1. The van der Waals surface area contributed by atoms with Gasteiger partial charge in [0.2, 0.25) is 5.91 Å². The molecule has 102 valence electrons. The standard InChI is InChI=1S/C15H13FN2O2/c1-2-15(19)18-12-3-4-14(13(16)9-12)20-10-11-5-7-17-8-6-11/h2-9H,1,10H2,(H,18,19). The van der Waals surface area contributed by atoms with Gasteiger partial charge in [0.25, 0.3) is 0 Å². The minimum absolute atomic E-state index is 0.124. The third-order valence-electron chi connectivity index (χ3n) is 2.53. The summed E-state index contributed by atoms with van der Waals surface area (Å²) in [6.45, 7) is 3.57. The third kappa shape index (κ3) is 3.65. The highest BCUT2D eigenvalue weighted by molar-refractivity contribution is 5.98. The molecule has 0 spiro atoms. The van der Waals surface area contributed by atoms with Gasteiger partial charge in [-0.2, -0.15) is 0 Å². The van der Waals surface area contributed by atoms with Crippen LogP contribution in [0, 0.1) is 5.82 Å². The molecule has 1 aromatic carbocycles. The third-order valence-corrected chi connectivity index (χ3v) is 2.53. The van der Waals surface area contributed by atoms with Crippen LogP contribution in [0.4, 0.5) is 10.1 Å². The Hall–Kier alpha value is -2.69. The maximum Gasteiger partial charge on any atom is 0.247 e. The largest absolute Gasteiger partial charge is 0.486 e. The van der Waals surface area contributed by atoms with Crippen molar-refractivity contribution < 1.29 is 13.9 Å². The predicted octanol–water partition coefficient (Wildman–Crippen LogP) is 2.92. The number of ether oxygens (including phenoxy) is 1. The van der Waals surface area contributed by atoms with Crippen LogP contribution in [-0.4, -0.2) is 10.9 Å². The van der Waals surface area contributed by atoms with Crippen LogP contribution in [0.3, 0.4) is 0 Å². The number of hydrogen-bond donors (Lipinski definition) is 1. The summed E-state index contributed by atoms with van der Waals surface area (Å²) in [7, 11) is 0. The summed E-state index contributed by atoms with van der Waals surface area (Å²) in [4.78, 5) is 15.0. The van der Waals surface area contributed by atoms with E-state index in [4.69, 9.17) is 4.74 Å². The minimum Gasteiger partial charge on any atom is -0.486 e. The van der Waals surface area contributed by atoms with E-state index in [9.17, 15) is 9.18 Å². The van der Waals surface area contributed by atoms with Crippen LogP contribution in [0.15, 0.2) is 55.4 Å². The number of nitrogens with one attached hydrogen (secondary N) is 1. The molecular weight excluding hydrogens is 259 g/mol. The molecule has 0 aliphatic heterocycles. The molecule has 1 aromatic heterocycles. The lowest BCUT2D eigenvalue weighted by atomic mass is 10.2. The number of hydrogen-bond acceptors (Lipinski definition) is 3. The van der Waals surface area contributed by atoms with Crippen molar-refractivity contribution in [1.29, 1.82) is 0 Å². The Bertz CT molecular complexity index is 615. The Balaban J connectivity index is 2.02. The van der Waals surface area contributed by atoms with E-state index >= 15 is 0 Å². The molecule has 1 heterocycles. The second kappa shape index (κ2) is 6.47. The van der Waals surface area contributed by atoms with Crippen molar-refractivity contribution in [3.8, 4) is 5.75 Å². The average Bonchev–Trinajstić information content (AvgIpc) is 2.47. The number of aromatic nitrogens is 1. The van der Waals surface area contributed by atoms with Gasteiger partial charge in [0, 0.05) is 24.1 Å². The normalized spacial score (nSPS) is 9.85. The molecule has 0 aliphatic carbocycles. The molecule has 2 aromatic rings. The Labute approximate surface area is 115 Å². The van der Waals surface area contributed by atoms with Crippen LogP contribution in [0.25, 0.3) is 0 Å². The fraction of sp³-hybridized carbons (Fsp3) is 0.0667. The van der Waals surface area contributed by atoms with Crippen molar-refractivity contribution >= 4 is 11.6 Å². The summed E-state index contributed by atoms with van der Waals surface area (Å²) in [5.41, 5.74) is 1.24. The molecule has 0 radical (unpaired) electrons. The number of carbonyl (C=O) groups excluding carboxylic acids is 1.